The zero-order valence-corrected chi connectivity index (χ0v) is 5.86. The molecule has 0 aliphatic heterocycles. The van der Waals surface area contributed by atoms with Crippen LogP contribution >= 0.6 is 11.9 Å². The Kier molecular flexibility index (Phi) is 3.01. The van der Waals surface area contributed by atoms with Gasteiger partial charge in [-0.3, -0.25) is 0 Å². The Labute approximate surface area is 53.1 Å². The summed E-state index contributed by atoms with van der Waals surface area (Å²) in [7, 11) is 0. The van der Waals surface area contributed by atoms with E-state index in [0.29, 0.717) is 5.75 Å². The van der Waals surface area contributed by atoms with E-state index in [4.69, 9.17) is 5.73 Å². The van der Waals surface area contributed by atoms with Crippen LogP contribution in [0.25, 0.3) is 0 Å². The molecule has 0 aliphatic rings. The van der Waals surface area contributed by atoms with Gasteiger partial charge in [0.15, 0.2) is 0 Å². The van der Waals surface area contributed by atoms with Gasteiger partial charge in [0.25, 0.3) is 0 Å². The fourth-order valence-electron chi connectivity index (χ4n) is 0.193. The van der Waals surface area contributed by atoms with Crippen LogP contribution in [0.3, 0.4) is 0 Å². The maximum Gasteiger partial charge on any atom is 0.0362 e. The quantitative estimate of drug-likeness (QED) is 0.465. The zero-order chi connectivity index (χ0) is 6.62. The number of nitrogens with two attached hydrogens (primary N) is 1. The molecular formula is C4H10N2OS. The first-order valence-electron chi connectivity index (χ1n) is 2.30. The van der Waals surface area contributed by atoms with Crippen molar-refractivity contribution in [1.29, 1.82) is 0 Å². The van der Waals surface area contributed by atoms with Gasteiger partial charge < -0.3 is 5.73 Å². The summed E-state index contributed by atoms with van der Waals surface area (Å²) in [6, 6.07) is 0. The summed E-state index contributed by atoms with van der Waals surface area (Å²) in [6.45, 7) is 3.70. The summed E-state index contributed by atoms with van der Waals surface area (Å²) >= 11 is 0.959. The minimum absolute atomic E-state index is 0.279. The fraction of sp³-hybridized carbons (Fsp3) is 1.00. The lowest BCUT2D eigenvalue weighted by Gasteiger charge is -2.13. The maximum absolute atomic E-state index is 9.51. The second-order valence-electron chi connectivity index (χ2n) is 2.34. The Balaban J connectivity index is 3.24. The number of nitrogens with zero attached hydrogens (tertiary/aromatic N) is 1. The van der Waals surface area contributed by atoms with Crippen molar-refractivity contribution >= 4 is 11.9 Å². The van der Waals surface area contributed by atoms with Gasteiger partial charge in [0.05, 0.1) is 0 Å². The van der Waals surface area contributed by atoms with E-state index in [1.807, 2.05) is 13.8 Å². The average molecular weight is 134 g/mol. The van der Waals surface area contributed by atoms with Crippen LogP contribution in [0.1, 0.15) is 13.8 Å². The van der Waals surface area contributed by atoms with Crippen LogP contribution < -0.4 is 5.73 Å². The molecule has 0 radical (unpaired) electrons. The second-order valence-corrected chi connectivity index (χ2v) is 3.03. The van der Waals surface area contributed by atoms with Crippen molar-refractivity contribution in [2.75, 3.05) is 5.75 Å². The Morgan fingerprint density at radius 2 is 2.25 bits per heavy atom. The molecule has 0 aromatic heterocycles. The van der Waals surface area contributed by atoms with Gasteiger partial charge >= 0.3 is 0 Å². The van der Waals surface area contributed by atoms with E-state index in [2.05, 4.69) is 4.58 Å². The summed E-state index contributed by atoms with van der Waals surface area (Å²) in [5.41, 5.74) is 5.22. The second kappa shape index (κ2) is 3.04. The minimum Gasteiger partial charge on any atom is -0.325 e. The molecule has 0 unspecified atom stereocenters. The van der Waals surface area contributed by atoms with E-state index in [1.54, 1.807) is 0 Å². The lowest BCUT2D eigenvalue weighted by atomic mass is 10.1. The first-order chi connectivity index (χ1) is 3.56. The third kappa shape index (κ3) is 5.91. The molecule has 0 aromatic rings. The van der Waals surface area contributed by atoms with E-state index >= 15 is 0 Å². The molecule has 0 saturated heterocycles. The molecule has 3 nitrogen and oxygen atoms in total. The van der Waals surface area contributed by atoms with Crippen molar-refractivity contribution in [3.63, 3.8) is 0 Å². The minimum atomic E-state index is -0.279. The van der Waals surface area contributed by atoms with Crippen molar-refractivity contribution in [3.8, 4) is 0 Å². The Morgan fingerprint density at radius 3 is 2.38 bits per heavy atom. The van der Waals surface area contributed by atoms with Crippen LogP contribution in [0.4, 0.5) is 0 Å². The Morgan fingerprint density at radius 1 is 1.75 bits per heavy atom. The van der Waals surface area contributed by atoms with Gasteiger partial charge in [-0.25, -0.2) is 0 Å². The Hall–Kier alpha value is -0.0900. The zero-order valence-electron chi connectivity index (χ0n) is 5.05. The van der Waals surface area contributed by atoms with Crippen LogP contribution in [0.15, 0.2) is 4.58 Å². The summed E-state index contributed by atoms with van der Waals surface area (Å²) in [6.07, 6.45) is 0. The first-order valence-corrected chi connectivity index (χ1v) is 3.24. The van der Waals surface area contributed by atoms with Crippen LogP contribution in [-0.2, 0) is 0 Å². The standard InChI is InChI=1S/C4H10N2OS/c1-4(2,5)3-8-6-7/h3,5H2,1-2H3. The molecule has 0 spiro atoms. The molecule has 8 heavy (non-hydrogen) atoms. The number of nitroso groups, excluding NO2 is 1. The van der Waals surface area contributed by atoms with Gasteiger partial charge in [0.2, 0.25) is 0 Å². The molecule has 0 aliphatic carbocycles. The summed E-state index contributed by atoms with van der Waals surface area (Å²) in [5, 5.41) is 0. The number of hydrogen-bond acceptors (Lipinski definition) is 4. The van der Waals surface area contributed by atoms with Crippen molar-refractivity contribution in [2.45, 2.75) is 19.4 Å². The molecule has 0 atom stereocenters. The molecule has 48 valence electrons. The molecule has 2 N–H and O–H groups in total. The lowest BCUT2D eigenvalue weighted by Crippen LogP contribution is -2.34. The number of hydrogen-bond donors (Lipinski definition) is 1. The highest BCUT2D eigenvalue weighted by atomic mass is 32.2. The SMILES string of the molecule is CC(C)(N)CSN=O. The van der Waals surface area contributed by atoms with Crippen LogP contribution in [0.5, 0.6) is 0 Å². The lowest BCUT2D eigenvalue weighted by molar-refractivity contribution is 0.591. The summed E-state index contributed by atoms with van der Waals surface area (Å²) in [5.74, 6) is 0.580. The van der Waals surface area contributed by atoms with Crippen LogP contribution in [-0.4, -0.2) is 11.3 Å². The molecule has 0 heterocycles. The number of rotatable bonds is 3. The van der Waals surface area contributed by atoms with Gasteiger partial charge in [-0.15, -0.1) is 4.91 Å². The van der Waals surface area contributed by atoms with E-state index in [1.165, 1.54) is 0 Å². The monoisotopic (exact) mass is 134 g/mol. The summed E-state index contributed by atoms with van der Waals surface area (Å²) in [4.78, 5) is 9.51. The molecule has 0 bridgehead atoms. The molecule has 4 heteroatoms. The van der Waals surface area contributed by atoms with Gasteiger partial charge in [0.1, 0.15) is 0 Å². The highest BCUT2D eigenvalue weighted by molar-refractivity contribution is 7.97. The van der Waals surface area contributed by atoms with E-state index in [-0.39, 0.29) is 5.54 Å². The topological polar surface area (TPSA) is 55.4 Å². The molecule has 0 fully saturated rings. The van der Waals surface area contributed by atoms with Gasteiger partial charge in [-0.2, -0.15) is 0 Å². The average Bonchev–Trinajstić information content (AvgIpc) is 1.59. The van der Waals surface area contributed by atoms with Crippen molar-refractivity contribution in [1.82, 2.24) is 0 Å². The van der Waals surface area contributed by atoms with Crippen molar-refractivity contribution < 1.29 is 0 Å². The van der Waals surface area contributed by atoms with E-state index < -0.39 is 0 Å². The highest BCUT2D eigenvalue weighted by Crippen LogP contribution is 2.08. The molecule has 0 saturated carbocycles. The summed E-state index contributed by atoms with van der Waals surface area (Å²) < 4.78 is 2.61. The first kappa shape index (κ1) is 7.91. The molecule has 0 aromatic carbocycles. The Bertz CT molecular complexity index is 78.6. The predicted molar refractivity (Wildman–Crippen MR) is 36.5 cm³/mol. The van der Waals surface area contributed by atoms with Crippen molar-refractivity contribution in [2.24, 2.45) is 10.3 Å². The molecule has 0 amide bonds. The van der Waals surface area contributed by atoms with Crippen LogP contribution in [0, 0.1) is 4.91 Å². The molecule has 0 rings (SSSR count). The largest absolute Gasteiger partial charge is 0.325 e. The van der Waals surface area contributed by atoms with Gasteiger partial charge in [-0.05, 0) is 13.8 Å². The maximum atomic E-state index is 9.51. The fourth-order valence-corrected chi connectivity index (χ4v) is 0.578. The normalized spacial score (nSPS) is 11.4. The van der Waals surface area contributed by atoms with Gasteiger partial charge in [-0.1, -0.05) is 0 Å². The third-order valence-corrected chi connectivity index (χ3v) is 1.47. The van der Waals surface area contributed by atoms with Crippen molar-refractivity contribution in [3.05, 3.63) is 4.91 Å². The molecular weight excluding hydrogens is 124 g/mol. The van der Waals surface area contributed by atoms with E-state index in [9.17, 15) is 4.91 Å². The highest BCUT2D eigenvalue weighted by Gasteiger charge is 2.09. The van der Waals surface area contributed by atoms with Crippen LogP contribution in [0.2, 0.25) is 0 Å². The smallest absolute Gasteiger partial charge is 0.0362 e. The third-order valence-electron chi connectivity index (χ3n) is 0.489. The van der Waals surface area contributed by atoms with Gasteiger partial charge in [0, 0.05) is 27.8 Å². The van der Waals surface area contributed by atoms with E-state index in [0.717, 1.165) is 11.9 Å². The predicted octanol–water partition coefficient (Wildman–Crippen LogP) is 1.14.